The van der Waals surface area contributed by atoms with E-state index in [1.54, 1.807) is 16.7 Å². The molecule has 5 heteroatoms. The molecule has 0 N–H and O–H groups in total. The molecule has 27 heavy (non-hydrogen) atoms. The molecule has 0 radical (unpaired) electrons. The first-order valence-corrected chi connectivity index (χ1v) is 10.5. The van der Waals surface area contributed by atoms with Gasteiger partial charge in [-0.15, -0.1) is 0 Å². The predicted molar refractivity (Wildman–Crippen MR) is 110 cm³/mol. The molecule has 0 bridgehead atoms. The van der Waals surface area contributed by atoms with Gasteiger partial charge in [-0.3, -0.25) is 9.59 Å². The number of amides is 2. The molecule has 1 fully saturated rings. The summed E-state index contributed by atoms with van der Waals surface area (Å²) in [6, 6.07) is 18.5. The van der Waals surface area contributed by atoms with Crippen LogP contribution in [-0.4, -0.2) is 47.0 Å². The van der Waals surface area contributed by atoms with E-state index >= 15 is 0 Å². The van der Waals surface area contributed by atoms with Crippen LogP contribution in [-0.2, 0) is 21.9 Å². The van der Waals surface area contributed by atoms with Crippen LogP contribution in [0.4, 0.5) is 0 Å². The van der Waals surface area contributed by atoms with Crippen LogP contribution in [0.3, 0.4) is 0 Å². The summed E-state index contributed by atoms with van der Waals surface area (Å²) < 4.78 is 0. The molecule has 2 amide bonds. The summed E-state index contributed by atoms with van der Waals surface area (Å²) in [4.78, 5) is 28.4. The van der Waals surface area contributed by atoms with Crippen molar-refractivity contribution in [2.75, 3.05) is 25.4 Å². The Morgan fingerprint density at radius 3 is 2.56 bits per heavy atom. The molecule has 1 aliphatic heterocycles. The average Bonchev–Trinajstić information content (AvgIpc) is 2.67. The lowest BCUT2D eigenvalue weighted by atomic mass is 10.1. The third kappa shape index (κ3) is 5.86. The Bertz CT molecular complexity index is 779. The Morgan fingerprint density at radius 2 is 1.81 bits per heavy atom. The van der Waals surface area contributed by atoms with E-state index in [9.17, 15) is 9.59 Å². The lowest BCUT2D eigenvalue weighted by molar-refractivity contribution is -0.145. The van der Waals surface area contributed by atoms with E-state index in [0.29, 0.717) is 26.1 Å². The standard InChI is InChI=1S/C22H26N2O2S/c1-18-6-5-9-20(14-18)15-23-11-12-24(16-22(23)26)21(25)10-13-27-17-19-7-3-2-4-8-19/h2-9,14H,10-13,15-17H2,1H3. The van der Waals surface area contributed by atoms with Crippen LogP contribution in [0.15, 0.2) is 54.6 Å². The Hall–Kier alpha value is -2.27. The van der Waals surface area contributed by atoms with Gasteiger partial charge < -0.3 is 9.80 Å². The number of hydrogen-bond donors (Lipinski definition) is 0. The summed E-state index contributed by atoms with van der Waals surface area (Å²) in [5.74, 6) is 1.81. The molecule has 1 saturated heterocycles. The zero-order valence-corrected chi connectivity index (χ0v) is 16.6. The highest BCUT2D eigenvalue weighted by atomic mass is 32.2. The number of piperazine rings is 1. The van der Waals surface area contributed by atoms with Gasteiger partial charge in [0.25, 0.3) is 0 Å². The Kier molecular flexibility index (Phi) is 6.93. The lowest BCUT2D eigenvalue weighted by Crippen LogP contribution is -2.51. The van der Waals surface area contributed by atoms with Crippen molar-refractivity contribution in [3.8, 4) is 0 Å². The molecular formula is C22H26N2O2S. The predicted octanol–water partition coefficient (Wildman–Crippen LogP) is 3.49. The first kappa shape index (κ1) is 19.5. The summed E-state index contributed by atoms with van der Waals surface area (Å²) >= 11 is 1.76. The minimum Gasteiger partial charge on any atom is -0.335 e. The van der Waals surface area contributed by atoms with Crippen molar-refractivity contribution < 1.29 is 9.59 Å². The van der Waals surface area contributed by atoms with Crippen molar-refractivity contribution in [2.24, 2.45) is 0 Å². The van der Waals surface area contributed by atoms with Crippen molar-refractivity contribution in [1.82, 2.24) is 9.80 Å². The molecule has 0 unspecified atom stereocenters. The van der Waals surface area contributed by atoms with Gasteiger partial charge in [0.2, 0.25) is 11.8 Å². The van der Waals surface area contributed by atoms with E-state index in [0.717, 1.165) is 17.1 Å². The number of carbonyl (C=O) groups is 2. The smallest absolute Gasteiger partial charge is 0.242 e. The van der Waals surface area contributed by atoms with E-state index < -0.39 is 0 Å². The summed E-state index contributed by atoms with van der Waals surface area (Å²) in [5, 5.41) is 0. The fourth-order valence-electron chi connectivity index (χ4n) is 3.20. The molecule has 0 aliphatic carbocycles. The molecule has 142 valence electrons. The van der Waals surface area contributed by atoms with E-state index in [1.165, 1.54) is 11.1 Å². The number of benzene rings is 2. The van der Waals surface area contributed by atoms with Gasteiger partial charge in [-0.1, -0.05) is 60.2 Å². The second kappa shape index (κ2) is 9.60. The van der Waals surface area contributed by atoms with E-state index in [4.69, 9.17) is 0 Å². The molecule has 0 spiro atoms. The summed E-state index contributed by atoms with van der Waals surface area (Å²) in [5.41, 5.74) is 3.61. The monoisotopic (exact) mass is 382 g/mol. The van der Waals surface area contributed by atoms with Crippen LogP contribution in [0.5, 0.6) is 0 Å². The quantitative estimate of drug-likeness (QED) is 0.688. The van der Waals surface area contributed by atoms with Crippen LogP contribution in [0.1, 0.15) is 23.1 Å². The Morgan fingerprint density at radius 1 is 1.04 bits per heavy atom. The Balaban J connectivity index is 1.40. The van der Waals surface area contributed by atoms with E-state index in [1.807, 2.05) is 35.2 Å². The van der Waals surface area contributed by atoms with Crippen molar-refractivity contribution >= 4 is 23.6 Å². The van der Waals surface area contributed by atoms with Gasteiger partial charge in [-0.2, -0.15) is 11.8 Å². The van der Waals surface area contributed by atoms with E-state index in [2.05, 4.69) is 31.2 Å². The number of hydrogen-bond acceptors (Lipinski definition) is 3. The maximum atomic E-state index is 12.4. The van der Waals surface area contributed by atoms with Gasteiger partial charge in [-0.05, 0) is 18.1 Å². The topological polar surface area (TPSA) is 40.6 Å². The highest BCUT2D eigenvalue weighted by Gasteiger charge is 2.26. The molecule has 0 saturated carbocycles. The van der Waals surface area contributed by atoms with Crippen LogP contribution in [0.25, 0.3) is 0 Å². The van der Waals surface area contributed by atoms with Gasteiger partial charge in [-0.25, -0.2) is 0 Å². The molecule has 0 aromatic heterocycles. The van der Waals surface area contributed by atoms with Crippen molar-refractivity contribution in [1.29, 1.82) is 0 Å². The van der Waals surface area contributed by atoms with Crippen LogP contribution in [0, 0.1) is 6.92 Å². The molecule has 4 nitrogen and oxygen atoms in total. The molecule has 0 atom stereocenters. The highest BCUT2D eigenvalue weighted by Crippen LogP contribution is 2.15. The van der Waals surface area contributed by atoms with Gasteiger partial charge in [0, 0.05) is 37.6 Å². The number of thioether (sulfide) groups is 1. The molecule has 2 aromatic carbocycles. The summed E-state index contributed by atoms with van der Waals surface area (Å²) in [6.07, 6.45) is 0.489. The lowest BCUT2D eigenvalue weighted by Gasteiger charge is -2.34. The first-order valence-electron chi connectivity index (χ1n) is 9.34. The second-order valence-electron chi connectivity index (χ2n) is 6.91. The summed E-state index contributed by atoms with van der Waals surface area (Å²) in [7, 11) is 0. The average molecular weight is 383 g/mol. The van der Waals surface area contributed by atoms with Crippen molar-refractivity contribution in [3.63, 3.8) is 0 Å². The van der Waals surface area contributed by atoms with Gasteiger partial charge >= 0.3 is 0 Å². The van der Waals surface area contributed by atoms with Gasteiger partial charge in [0.1, 0.15) is 0 Å². The Labute approximate surface area is 165 Å². The zero-order chi connectivity index (χ0) is 19.1. The van der Waals surface area contributed by atoms with Crippen LogP contribution < -0.4 is 0 Å². The fourth-order valence-corrected chi connectivity index (χ4v) is 4.09. The SMILES string of the molecule is Cc1cccc(CN2CCN(C(=O)CCSCc3ccccc3)CC2=O)c1. The normalized spacial score (nSPS) is 14.5. The van der Waals surface area contributed by atoms with Gasteiger partial charge in [0.05, 0.1) is 6.54 Å². The number of carbonyl (C=O) groups excluding carboxylic acids is 2. The van der Waals surface area contributed by atoms with E-state index in [-0.39, 0.29) is 18.4 Å². The third-order valence-corrected chi connectivity index (χ3v) is 5.73. The minimum absolute atomic E-state index is 0.0352. The van der Waals surface area contributed by atoms with Crippen molar-refractivity contribution in [2.45, 2.75) is 25.6 Å². The van der Waals surface area contributed by atoms with Gasteiger partial charge in [0.15, 0.2) is 0 Å². The number of nitrogens with zero attached hydrogens (tertiary/aromatic N) is 2. The second-order valence-corrected chi connectivity index (χ2v) is 8.01. The van der Waals surface area contributed by atoms with Crippen molar-refractivity contribution in [3.05, 3.63) is 71.3 Å². The minimum atomic E-state index is 0.0352. The first-order chi connectivity index (χ1) is 13.1. The largest absolute Gasteiger partial charge is 0.335 e. The molecule has 1 aliphatic rings. The van der Waals surface area contributed by atoms with Crippen LogP contribution >= 0.6 is 11.8 Å². The summed E-state index contributed by atoms with van der Waals surface area (Å²) in [6.45, 7) is 4.11. The molecular weight excluding hydrogens is 356 g/mol. The molecule has 2 aromatic rings. The molecule has 1 heterocycles. The number of aryl methyl sites for hydroxylation is 1. The zero-order valence-electron chi connectivity index (χ0n) is 15.8. The third-order valence-electron chi connectivity index (χ3n) is 4.70. The number of rotatable bonds is 7. The van der Waals surface area contributed by atoms with Crippen LogP contribution in [0.2, 0.25) is 0 Å². The maximum absolute atomic E-state index is 12.4. The highest BCUT2D eigenvalue weighted by molar-refractivity contribution is 7.98. The fraction of sp³-hybridized carbons (Fsp3) is 0.364. The molecule has 3 rings (SSSR count). The maximum Gasteiger partial charge on any atom is 0.242 e.